The number of rotatable bonds is 5. The molecule has 0 aliphatic heterocycles. The molecule has 1 aromatic carbocycles. The van der Waals surface area contributed by atoms with E-state index in [1.165, 1.54) is 16.3 Å². The van der Waals surface area contributed by atoms with Crippen molar-refractivity contribution in [1.82, 2.24) is 19.5 Å². The van der Waals surface area contributed by atoms with Gasteiger partial charge in [-0.15, -0.1) is 0 Å². The zero-order valence-corrected chi connectivity index (χ0v) is 15.4. The average molecular weight is 383 g/mol. The molecular formula is C18H17N5O3S. The predicted molar refractivity (Wildman–Crippen MR) is 103 cm³/mol. The quantitative estimate of drug-likeness (QED) is 0.507. The van der Waals surface area contributed by atoms with E-state index in [4.69, 9.17) is 5.73 Å². The molecule has 138 valence electrons. The van der Waals surface area contributed by atoms with Crippen molar-refractivity contribution in [2.45, 2.75) is 30.8 Å². The smallest absolute Gasteiger partial charge is 0.330 e. The van der Waals surface area contributed by atoms with Crippen LogP contribution < -0.4 is 17.0 Å². The number of nitrogens with zero attached hydrogens (tertiary/aromatic N) is 3. The van der Waals surface area contributed by atoms with Crippen LogP contribution in [0, 0.1) is 6.92 Å². The molecule has 4 rings (SSSR count). The zero-order chi connectivity index (χ0) is 19.1. The lowest BCUT2D eigenvalue weighted by atomic mass is 10.2. The summed E-state index contributed by atoms with van der Waals surface area (Å²) in [5, 5.41) is 0.618. The number of anilines is 1. The van der Waals surface area contributed by atoms with Crippen LogP contribution in [0.1, 0.15) is 34.9 Å². The highest BCUT2D eigenvalue weighted by Crippen LogP contribution is 2.35. The van der Waals surface area contributed by atoms with E-state index < -0.39 is 17.0 Å². The second-order valence-electron chi connectivity index (χ2n) is 6.44. The number of carbonyl (C=O) groups is 1. The number of carbonyl (C=O) groups excluding carboxylic acids is 1. The Hall–Kier alpha value is -2.94. The molecule has 0 radical (unpaired) electrons. The summed E-state index contributed by atoms with van der Waals surface area (Å²) in [6.45, 7) is 1.82. The van der Waals surface area contributed by atoms with Crippen molar-refractivity contribution in [3.05, 3.63) is 56.4 Å². The SMILES string of the molecule is Cc1nc2ccccc2nc1SCC(=O)c1c(N)n(C2CC2)c(=O)[nH]c1=O. The van der Waals surface area contributed by atoms with Crippen LogP contribution in [0.5, 0.6) is 0 Å². The number of thioether (sulfide) groups is 1. The number of hydrogen-bond acceptors (Lipinski definition) is 7. The number of nitrogens with two attached hydrogens (primary N) is 1. The number of aryl methyl sites for hydroxylation is 1. The van der Waals surface area contributed by atoms with Gasteiger partial charge in [-0.3, -0.25) is 19.1 Å². The van der Waals surface area contributed by atoms with Crippen LogP contribution >= 0.6 is 11.8 Å². The lowest BCUT2D eigenvalue weighted by Gasteiger charge is -2.11. The summed E-state index contributed by atoms with van der Waals surface area (Å²) in [7, 11) is 0. The maximum Gasteiger partial charge on any atom is 0.330 e. The number of hydrogen-bond donors (Lipinski definition) is 2. The number of ketones is 1. The van der Waals surface area contributed by atoms with Crippen molar-refractivity contribution < 1.29 is 4.79 Å². The van der Waals surface area contributed by atoms with Gasteiger partial charge in [0, 0.05) is 6.04 Å². The second kappa shape index (κ2) is 6.66. The first-order chi connectivity index (χ1) is 13.0. The predicted octanol–water partition coefficient (Wildman–Crippen LogP) is 1.68. The van der Waals surface area contributed by atoms with Gasteiger partial charge in [-0.05, 0) is 31.9 Å². The van der Waals surface area contributed by atoms with Crippen molar-refractivity contribution in [3.8, 4) is 0 Å². The van der Waals surface area contributed by atoms with Gasteiger partial charge in [0.1, 0.15) is 16.4 Å². The number of Topliss-reactive ketones (excluding diaryl/α,β-unsaturated/α-hetero) is 1. The number of nitrogen functional groups attached to an aromatic ring is 1. The minimum Gasteiger partial charge on any atom is -0.384 e. The Labute approximate surface area is 157 Å². The van der Waals surface area contributed by atoms with E-state index in [9.17, 15) is 14.4 Å². The second-order valence-corrected chi connectivity index (χ2v) is 7.40. The van der Waals surface area contributed by atoms with Gasteiger partial charge in [0.15, 0.2) is 5.78 Å². The molecule has 3 aromatic rings. The molecule has 0 saturated heterocycles. The van der Waals surface area contributed by atoms with Crippen LogP contribution in [0.4, 0.5) is 5.82 Å². The fourth-order valence-corrected chi connectivity index (χ4v) is 3.78. The molecule has 0 spiro atoms. The van der Waals surface area contributed by atoms with Gasteiger partial charge in [0.2, 0.25) is 0 Å². The van der Waals surface area contributed by atoms with Gasteiger partial charge < -0.3 is 5.73 Å². The Bertz CT molecular complexity index is 1180. The molecule has 2 aromatic heterocycles. The maximum atomic E-state index is 12.7. The Morgan fingerprint density at radius 3 is 2.59 bits per heavy atom. The molecule has 1 aliphatic carbocycles. The van der Waals surface area contributed by atoms with Gasteiger partial charge in [-0.25, -0.2) is 14.8 Å². The summed E-state index contributed by atoms with van der Waals surface area (Å²) >= 11 is 1.20. The molecule has 0 amide bonds. The van der Waals surface area contributed by atoms with Crippen LogP contribution in [0.3, 0.4) is 0 Å². The third kappa shape index (κ3) is 3.25. The summed E-state index contributed by atoms with van der Waals surface area (Å²) in [5.41, 5.74) is 6.72. The Morgan fingerprint density at radius 2 is 1.93 bits per heavy atom. The van der Waals surface area contributed by atoms with Crippen LogP contribution in [-0.2, 0) is 0 Å². The van der Waals surface area contributed by atoms with E-state index in [0.29, 0.717) is 10.7 Å². The Kier molecular flexibility index (Phi) is 4.31. The number of aromatic nitrogens is 4. The van der Waals surface area contributed by atoms with Crippen LogP contribution in [0.15, 0.2) is 38.9 Å². The highest BCUT2D eigenvalue weighted by molar-refractivity contribution is 8.00. The number of nitrogens with one attached hydrogen (secondary N) is 1. The normalized spacial score (nSPS) is 13.8. The van der Waals surface area contributed by atoms with Crippen molar-refractivity contribution in [3.63, 3.8) is 0 Å². The molecule has 0 unspecified atom stereocenters. The van der Waals surface area contributed by atoms with Crippen molar-refractivity contribution >= 4 is 34.4 Å². The fourth-order valence-electron chi connectivity index (χ4n) is 2.95. The van der Waals surface area contributed by atoms with Gasteiger partial charge in [-0.1, -0.05) is 23.9 Å². The number of aromatic amines is 1. The lowest BCUT2D eigenvalue weighted by molar-refractivity contribution is 0.102. The lowest BCUT2D eigenvalue weighted by Crippen LogP contribution is -2.36. The third-order valence-corrected chi connectivity index (χ3v) is 5.48. The molecule has 8 nitrogen and oxygen atoms in total. The molecule has 1 saturated carbocycles. The van der Waals surface area contributed by atoms with E-state index in [-0.39, 0.29) is 23.2 Å². The van der Waals surface area contributed by atoms with Gasteiger partial charge in [-0.2, -0.15) is 0 Å². The van der Waals surface area contributed by atoms with Crippen LogP contribution in [-0.4, -0.2) is 31.1 Å². The molecule has 2 heterocycles. The summed E-state index contributed by atoms with van der Waals surface area (Å²) in [6, 6.07) is 7.43. The third-order valence-electron chi connectivity index (χ3n) is 4.41. The van der Waals surface area contributed by atoms with Crippen molar-refractivity contribution in [2.24, 2.45) is 0 Å². The topological polar surface area (TPSA) is 124 Å². The highest BCUT2D eigenvalue weighted by Gasteiger charge is 2.30. The number of fused-ring (bicyclic) bond motifs is 1. The van der Waals surface area contributed by atoms with E-state index in [2.05, 4.69) is 15.0 Å². The van der Waals surface area contributed by atoms with Crippen LogP contribution in [0.2, 0.25) is 0 Å². The first kappa shape index (κ1) is 17.5. The average Bonchev–Trinajstić information content (AvgIpc) is 3.44. The summed E-state index contributed by atoms with van der Waals surface area (Å²) in [5.74, 6) is -0.523. The number of para-hydroxylation sites is 2. The maximum absolute atomic E-state index is 12.7. The number of H-pyrrole nitrogens is 1. The minimum absolute atomic E-state index is 0.0238. The summed E-state index contributed by atoms with van der Waals surface area (Å²) < 4.78 is 1.31. The van der Waals surface area contributed by atoms with E-state index in [1.807, 2.05) is 31.2 Å². The van der Waals surface area contributed by atoms with Crippen LogP contribution in [0.25, 0.3) is 11.0 Å². The highest BCUT2D eigenvalue weighted by atomic mass is 32.2. The molecule has 0 atom stereocenters. The van der Waals surface area contributed by atoms with E-state index in [0.717, 1.165) is 23.9 Å². The Balaban J connectivity index is 1.62. The molecule has 27 heavy (non-hydrogen) atoms. The first-order valence-corrected chi connectivity index (χ1v) is 9.48. The fraction of sp³-hybridized carbons (Fsp3) is 0.278. The molecule has 1 aliphatic rings. The van der Waals surface area contributed by atoms with E-state index in [1.54, 1.807) is 0 Å². The molecule has 1 fully saturated rings. The number of benzene rings is 1. The molecule has 9 heteroatoms. The molecule has 0 bridgehead atoms. The minimum atomic E-state index is -0.749. The van der Waals surface area contributed by atoms with Crippen molar-refractivity contribution in [2.75, 3.05) is 11.5 Å². The standard InChI is InChI=1S/C18H17N5O3S/c1-9-17(21-12-5-3-2-4-11(12)20-9)27-8-13(24)14-15(19)23(10-6-7-10)18(26)22-16(14)25/h2-5,10H,6-8,19H2,1H3,(H,22,25,26). The largest absolute Gasteiger partial charge is 0.384 e. The monoisotopic (exact) mass is 383 g/mol. The van der Waals surface area contributed by atoms with Gasteiger partial charge >= 0.3 is 5.69 Å². The van der Waals surface area contributed by atoms with Crippen molar-refractivity contribution in [1.29, 1.82) is 0 Å². The summed E-state index contributed by atoms with van der Waals surface area (Å²) in [6.07, 6.45) is 1.62. The zero-order valence-electron chi connectivity index (χ0n) is 14.6. The van der Waals surface area contributed by atoms with Gasteiger partial charge in [0.05, 0.1) is 22.5 Å². The Morgan fingerprint density at radius 1 is 1.26 bits per heavy atom. The summed E-state index contributed by atoms with van der Waals surface area (Å²) in [4.78, 5) is 48.0. The van der Waals surface area contributed by atoms with Gasteiger partial charge in [0.25, 0.3) is 5.56 Å². The molecular weight excluding hydrogens is 366 g/mol. The van der Waals surface area contributed by atoms with E-state index >= 15 is 0 Å². The molecule has 3 N–H and O–H groups in total. The first-order valence-electron chi connectivity index (χ1n) is 8.49.